The van der Waals surface area contributed by atoms with E-state index in [1.807, 2.05) is 6.08 Å². The minimum atomic E-state index is 0.181. The summed E-state index contributed by atoms with van der Waals surface area (Å²) in [5.74, 6) is 0.362. The van der Waals surface area contributed by atoms with Gasteiger partial charge in [0.1, 0.15) is 30.3 Å². The summed E-state index contributed by atoms with van der Waals surface area (Å²) in [5.41, 5.74) is 8.94. The quantitative estimate of drug-likeness (QED) is 0.395. The van der Waals surface area contributed by atoms with Gasteiger partial charge in [0.05, 0.1) is 0 Å². The molecule has 0 amide bonds. The molecule has 0 fully saturated rings. The zero-order valence-corrected chi connectivity index (χ0v) is 17.8. The molecule has 7 heteroatoms. The summed E-state index contributed by atoms with van der Waals surface area (Å²) in [5, 5.41) is 17.5. The lowest BCUT2D eigenvalue weighted by molar-refractivity contribution is 0.111. The standard InChI is InChI=1S/2C7H6O2.C6H15N.C4H5NO/c2*8-5-6-1-3-7(9)4-2-6;1-2-3-4-5-6-7;1-2-4-6-5-3-1/h2*1-5,9H;2-7H2,1H3;1-5H. The van der Waals surface area contributed by atoms with Crippen molar-refractivity contribution in [3.8, 4) is 11.5 Å². The fourth-order valence-corrected chi connectivity index (χ4v) is 1.93. The Hall–Kier alpha value is -3.58. The smallest absolute Gasteiger partial charge is 0.150 e. The van der Waals surface area contributed by atoms with Gasteiger partial charge in [-0.2, -0.15) is 0 Å². The number of nitrogens with one attached hydrogen (secondary N) is 1. The highest BCUT2D eigenvalue weighted by atomic mass is 16.6. The third kappa shape index (κ3) is 17.0. The molecule has 0 atom stereocenters. The van der Waals surface area contributed by atoms with Gasteiger partial charge in [0.15, 0.2) is 0 Å². The Balaban J connectivity index is 0.000000392. The van der Waals surface area contributed by atoms with Crippen LogP contribution in [0, 0.1) is 0 Å². The van der Waals surface area contributed by atoms with Crippen LogP contribution >= 0.6 is 0 Å². The molecule has 1 aliphatic heterocycles. The van der Waals surface area contributed by atoms with Gasteiger partial charge >= 0.3 is 0 Å². The number of allylic oxidation sites excluding steroid dienone is 2. The van der Waals surface area contributed by atoms with E-state index in [9.17, 15) is 9.59 Å². The van der Waals surface area contributed by atoms with Crippen LogP contribution in [-0.2, 0) is 4.84 Å². The van der Waals surface area contributed by atoms with Crippen LogP contribution in [0.4, 0.5) is 0 Å². The maximum Gasteiger partial charge on any atom is 0.150 e. The Morgan fingerprint density at radius 3 is 1.61 bits per heavy atom. The summed E-state index contributed by atoms with van der Waals surface area (Å²) in [6.07, 6.45) is 13.6. The Labute approximate surface area is 183 Å². The lowest BCUT2D eigenvalue weighted by atomic mass is 10.2. The fraction of sp³-hybridized carbons (Fsp3) is 0.250. The first-order valence-corrected chi connectivity index (χ1v) is 9.98. The van der Waals surface area contributed by atoms with Crippen LogP contribution in [0.25, 0.3) is 0 Å². The van der Waals surface area contributed by atoms with Gasteiger partial charge in [-0.3, -0.25) is 9.59 Å². The molecule has 0 aliphatic carbocycles. The lowest BCUT2D eigenvalue weighted by Crippen LogP contribution is -2.01. The SMILES string of the molecule is C1=CNOC=C1.CCCCCCN.O=Cc1ccc(O)cc1.O=Cc1ccc(O)cc1. The molecule has 5 N–H and O–H groups in total. The number of nitrogens with two attached hydrogens (primary N) is 1. The van der Waals surface area contributed by atoms with Crippen molar-refractivity contribution in [3.63, 3.8) is 0 Å². The maximum absolute atomic E-state index is 10.0. The van der Waals surface area contributed by atoms with Gasteiger partial charge in [-0.15, -0.1) is 0 Å². The van der Waals surface area contributed by atoms with Crippen LogP contribution in [0.15, 0.2) is 73.1 Å². The number of unbranched alkanes of at least 4 members (excludes halogenated alkanes) is 3. The number of aromatic hydroxyl groups is 2. The molecule has 0 radical (unpaired) electrons. The van der Waals surface area contributed by atoms with E-state index < -0.39 is 0 Å². The van der Waals surface area contributed by atoms with Gasteiger partial charge in [0, 0.05) is 17.3 Å². The number of benzene rings is 2. The van der Waals surface area contributed by atoms with Crippen molar-refractivity contribution in [3.05, 3.63) is 84.3 Å². The van der Waals surface area contributed by atoms with Crippen molar-refractivity contribution in [1.82, 2.24) is 5.48 Å². The average Bonchev–Trinajstić information content (AvgIpc) is 2.83. The number of hydrogen-bond acceptors (Lipinski definition) is 7. The van der Waals surface area contributed by atoms with E-state index in [-0.39, 0.29) is 11.5 Å². The van der Waals surface area contributed by atoms with Crippen LogP contribution in [0.5, 0.6) is 11.5 Å². The highest BCUT2D eigenvalue weighted by Gasteiger charge is 1.87. The first-order chi connectivity index (χ1) is 15.1. The first-order valence-electron chi connectivity index (χ1n) is 9.98. The van der Waals surface area contributed by atoms with E-state index in [2.05, 4.69) is 17.2 Å². The van der Waals surface area contributed by atoms with E-state index in [1.165, 1.54) is 49.9 Å². The van der Waals surface area contributed by atoms with Crippen LogP contribution in [0.2, 0.25) is 0 Å². The Morgan fingerprint density at radius 2 is 1.35 bits per heavy atom. The molecular formula is C24H32N2O5. The van der Waals surface area contributed by atoms with Gasteiger partial charge in [-0.05, 0) is 73.6 Å². The largest absolute Gasteiger partial charge is 0.508 e. The van der Waals surface area contributed by atoms with Crippen molar-refractivity contribution in [2.45, 2.75) is 32.6 Å². The van der Waals surface area contributed by atoms with Crippen molar-refractivity contribution in [2.24, 2.45) is 5.73 Å². The topological polar surface area (TPSA) is 122 Å². The first kappa shape index (κ1) is 27.4. The number of hydrogen-bond donors (Lipinski definition) is 4. The molecule has 0 aromatic heterocycles. The normalized spacial score (nSPS) is 10.4. The number of hydroxylamine groups is 1. The van der Waals surface area contributed by atoms with E-state index in [4.69, 9.17) is 15.9 Å². The molecule has 0 saturated heterocycles. The van der Waals surface area contributed by atoms with E-state index in [0.29, 0.717) is 11.1 Å². The molecule has 31 heavy (non-hydrogen) atoms. The molecule has 3 rings (SSSR count). The number of carbonyl (C=O) groups is 2. The van der Waals surface area contributed by atoms with Crippen LogP contribution in [0.3, 0.4) is 0 Å². The van der Waals surface area contributed by atoms with E-state index in [1.54, 1.807) is 42.8 Å². The molecule has 1 heterocycles. The molecule has 168 valence electrons. The van der Waals surface area contributed by atoms with Gasteiger partial charge in [-0.1, -0.05) is 26.2 Å². The Morgan fingerprint density at radius 1 is 0.839 bits per heavy atom. The van der Waals surface area contributed by atoms with Crippen molar-refractivity contribution in [1.29, 1.82) is 0 Å². The summed E-state index contributed by atoms with van der Waals surface area (Å²) >= 11 is 0. The minimum absolute atomic E-state index is 0.181. The molecule has 7 nitrogen and oxygen atoms in total. The zero-order chi connectivity index (χ0) is 23.2. The molecule has 0 saturated carbocycles. The second-order valence-electron chi connectivity index (χ2n) is 6.19. The third-order valence-corrected chi connectivity index (χ3v) is 3.61. The van der Waals surface area contributed by atoms with Crippen molar-refractivity contribution in [2.75, 3.05) is 6.54 Å². The number of carbonyl (C=O) groups excluding carboxylic acids is 2. The number of phenolic OH excluding ortho intramolecular Hbond substituents is 2. The molecule has 0 unspecified atom stereocenters. The number of rotatable bonds is 6. The van der Waals surface area contributed by atoms with Crippen LogP contribution in [0.1, 0.15) is 53.3 Å². The molecule has 1 aliphatic rings. The Kier molecular flexibility index (Phi) is 17.4. The third-order valence-electron chi connectivity index (χ3n) is 3.61. The van der Waals surface area contributed by atoms with E-state index >= 15 is 0 Å². The lowest BCUT2D eigenvalue weighted by Gasteiger charge is -1.97. The summed E-state index contributed by atoms with van der Waals surface area (Å²) in [6, 6.07) is 12.1. The molecule has 0 spiro atoms. The van der Waals surface area contributed by atoms with Gasteiger partial charge in [0.25, 0.3) is 0 Å². The summed E-state index contributed by atoms with van der Waals surface area (Å²) in [6.45, 7) is 3.07. The summed E-state index contributed by atoms with van der Waals surface area (Å²) in [4.78, 5) is 24.6. The highest BCUT2D eigenvalue weighted by Crippen LogP contribution is 2.07. The minimum Gasteiger partial charge on any atom is -0.508 e. The van der Waals surface area contributed by atoms with Gasteiger partial charge in [-0.25, -0.2) is 5.48 Å². The number of aldehydes is 2. The van der Waals surface area contributed by atoms with Gasteiger partial charge in [0.2, 0.25) is 0 Å². The Bertz CT molecular complexity index is 691. The molecule has 0 bridgehead atoms. The fourth-order valence-electron chi connectivity index (χ4n) is 1.93. The zero-order valence-electron chi connectivity index (χ0n) is 17.8. The van der Waals surface area contributed by atoms with Crippen molar-refractivity contribution < 1.29 is 24.6 Å². The predicted molar refractivity (Wildman–Crippen MR) is 123 cm³/mol. The van der Waals surface area contributed by atoms with Gasteiger partial charge < -0.3 is 20.8 Å². The highest BCUT2D eigenvalue weighted by molar-refractivity contribution is 5.75. The number of phenols is 2. The maximum atomic E-state index is 10.0. The second-order valence-corrected chi connectivity index (χ2v) is 6.19. The van der Waals surface area contributed by atoms with Crippen LogP contribution in [-0.4, -0.2) is 29.3 Å². The monoisotopic (exact) mass is 428 g/mol. The second kappa shape index (κ2) is 19.7. The predicted octanol–water partition coefficient (Wildman–Crippen LogP) is 4.48. The average molecular weight is 429 g/mol. The molecular weight excluding hydrogens is 396 g/mol. The van der Waals surface area contributed by atoms with E-state index in [0.717, 1.165) is 19.1 Å². The summed E-state index contributed by atoms with van der Waals surface area (Å²) in [7, 11) is 0. The molecule has 2 aromatic rings. The van der Waals surface area contributed by atoms with Crippen molar-refractivity contribution >= 4 is 12.6 Å². The summed E-state index contributed by atoms with van der Waals surface area (Å²) < 4.78 is 0. The van der Waals surface area contributed by atoms with Crippen LogP contribution < -0.4 is 11.2 Å². The molecule has 2 aromatic carbocycles.